The molecule has 1 aromatic carbocycles. The second kappa shape index (κ2) is 4.84. The molecule has 0 amide bonds. The molecule has 0 aliphatic carbocycles. The first-order valence-electron chi connectivity index (χ1n) is 5.47. The summed E-state index contributed by atoms with van der Waals surface area (Å²) in [6, 6.07) is 4.21. The number of hydrogen-bond acceptors (Lipinski definition) is 2. The van der Waals surface area contributed by atoms with E-state index in [0.29, 0.717) is 5.56 Å². The van der Waals surface area contributed by atoms with E-state index in [-0.39, 0.29) is 12.2 Å². The summed E-state index contributed by atoms with van der Waals surface area (Å²) in [5, 5.41) is 8.83. The van der Waals surface area contributed by atoms with Gasteiger partial charge in [0, 0.05) is 6.04 Å². The van der Waals surface area contributed by atoms with E-state index >= 15 is 0 Å². The van der Waals surface area contributed by atoms with Crippen molar-refractivity contribution in [3.05, 3.63) is 35.1 Å². The minimum absolute atomic E-state index is 0.0232. The van der Waals surface area contributed by atoms with Crippen molar-refractivity contribution < 1.29 is 14.3 Å². The second-order valence-corrected chi connectivity index (χ2v) is 5.05. The zero-order valence-corrected chi connectivity index (χ0v) is 10.3. The normalized spacial score (nSPS) is 13.5. The third-order valence-corrected chi connectivity index (χ3v) is 2.99. The van der Waals surface area contributed by atoms with Crippen molar-refractivity contribution >= 4 is 5.97 Å². The highest BCUT2D eigenvalue weighted by Crippen LogP contribution is 2.34. The third kappa shape index (κ3) is 3.27. The van der Waals surface area contributed by atoms with Gasteiger partial charge in [-0.05, 0) is 29.5 Å². The van der Waals surface area contributed by atoms with E-state index in [1.54, 1.807) is 32.9 Å². The highest BCUT2D eigenvalue weighted by Gasteiger charge is 2.30. The molecule has 3 N–H and O–H groups in total. The van der Waals surface area contributed by atoms with Crippen molar-refractivity contribution in [2.75, 3.05) is 0 Å². The Kier molecular flexibility index (Phi) is 3.88. The van der Waals surface area contributed by atoms with Crippen LogP contribution in [0.25, 0.3) is 0 Å². The van der Waals surface area contributed by atoms with E-state index in [0.717, 1.165) is 5.56 Å². The number of carboxylic acids is 1. The molecule has 1 aromatic rings. The van der Waals surface area contributed by atoms with E-state index in [9.17, 15) is 9.18 Å². The van der Waals surface area contributed by atoms with Crippen LogP contribution in [0.15, 0.2) is 18.2 Å². The molecule has 1 rings (SSSR count). The summed E-state index contributed by atoms with van der Waals surface area (Å²) in [6.45, 7) is 5.25. The zero-order chi connectivity index (χ0) is 13.2. The molecule has 94 valence electrons. The number of nitrogens with two attached hydrogens (primary N) is 1. The van der Waals surface area contributed by atoms with Gasteiger partial charge in [-0.15, -0.1) is 0 Å². The van der Waals surface area contributed by atoms with Crippen molar-refractivity contribution in [2.45, 2.75) is 33.2 Å². The summed E-state index contributed by atoms with van der Waals surface area (Å²) < 4.78 is 13.1. The van der Waals surface area contributed by atoms with Gasteiger partial charge in [-0.25, -0.2) is 4.39 Å². The molecule has 0 aromatic heterocycles. The van der Waals surface area contributed by atoms with Gasteiger partial charge < -0.3 is 10.8 Å². The number of halogens is 1. The topological polar surface area (TPSA) is 63.3 Å². The molecule has 0 radical (unpaired) electrons. The molecular weight excluding hydrogens is 221 g/mol. The predicted octanol–water partition coefficient (Wildman–Crippen LogP) is 2.63. The first-order chi connectivity index (χ1) is 7.74. The Morgan fingerprint density at radius 3 is 2.59 bits per heavy atom. The molecule has 0 heterocycles. The van der Waals surface area contributed by atoms with Crippen molar-refractivity contribution in [1.82, 2.24) is 0 Å². The Bertz CT molecular complexity index is 429. The molecule has 4 heteroatoms. The van der Waals surface area contributed by atoms with Crippen LogP contribution in [0.1, 0.15) is 37.4 Å². The largest absolute Gasteiger partial charge is 0.481 e. The lowest BCUT2D eigenvalue weighted by molar-refractivity contribution is -0.139. The molecule has 0 spiro atoms. The Balaban J connectivity index is 2.98. The van der Waals surface area contributed by atoms with Crippen molar-refractivity contribution in [3.63, 3.8) is 0 Å². The van der Waals surface area contributed by atoms with Gasteiger partial charge in [0.2, 0.25) is 0 Å². The lowest BCUT2D eigenvalue weighted by atomic mass is 9.78. The SMILES string of the molecule is Cc1cc(C(N)C(C)(C)CC(=O)O)ccc1F. The molecule has 17 heavy (non-hydrogen) atoms. The third-order valence-electron chi connectivity index (χ3n) is 2.99. The fourth-order valence-electron chi connectivity index (χ4n) is 1.81. The Labute approximate surface area is 100 Å². The summed E-state index contributed by atoms with van der Waals surface area (Å²) in [5.74, 6) is -1.17. The van der Waals surface area contributed by atoms with Gasteiger partial charge in [0.05, 0.1) is 6.42 Å². The smallest absolute Gasteiger partial charge is 0.303 e. The van der Waals surface area contributed by atoms with Gasteiger partial charge in [0.25, 0.3) is 0 Å². The quantitative estimate of drug-likeness (QED) is 0.849. The Morgan fingerprint density at radius 1 is 1.53 bits per heavy atom. The second-order valence-electron chi connectivity index (χ2n) is 5.05. The highest BCUT2D eigenvalue weighted by molar-refractivity contribution is 5.67. The van der Waals surface area contributed by atoms with Gasteiger partial charge in [0.15, 0.2) is 0 Å². The maximum atomic E-state index is 13.1. The summed E-state index contributed by atoms with van der Waals surface area (Å²) in [7, 11) is 0. The average Bonchev–Trinajstić information content (AvgIpc) is 2.19. The van der Waals surface area contributed by atoms with Crippen molar-refractivity contribution in [2.24, 2.45) is 11.1 Å². The summed E-state index contributed by atoms with van der Waals surface area (Å²) in [6.07, 6.45) is -0.0232. The molecule has 0 saturated heterocycles. The van der Waals surface area contributed by atoms with Gasteiger partial charge >= 0.3 is 5.97 Å². The van der Waals surface area contributed by atoms with Crippen LogP contribution in [0.2, 0.25) is 0 Å². The molecular formula is C13H18FNO2. The van der Waals surface area contributed by atoms with E-state index < -0.39 is 17.4 Å². The molecule has 3 nitrogen and oxygen atoms in total. The van der Waals surface area contributed by atoms with Crippen LogP contribution in [0.4, 0.5) is 4.39 Å². The van der Waals surface area contributed by atoms with E-state index in [4.69, 9.17) is 10.8 Å². The predicted molar refractivity (Wildman–Crippen MR) is 64.1 cm³/mol. The van der Waals surface area contributed by atoms with Crippen LogP contribution in [0.3, 0.4) is 0 Å². The number of aliphatic carboxylic acids is 1. The summed E-state index contributed by atoms with van der Waals surface area (Å²) in [4.78, 5) is 10.8. The lowest BCUT2D eigenvalue weighted by Crippen LogP contribution is -2.31. The molecule has 0 bridgehead atoms. The maximum Gasteiger partial charge on any atom is 0.303 e. The average molecular weight is 239 g/mol. The molecule has 1 unspecified atom stereocenters. The standard InChI is InChI=1S/C13H18FNO2/c1-8-6-9(4-5-10(8)14)12(15)13(2,3)7-11(16)17/h4-6,12H,7,15H2,1-3H3,(H,16,17). The fourth-order valence-corrected chi connectivity index (χ4v) is 1.81. The number of rotatable bonds is 4. The van der Waals surface area contributed by atoms with Crippen LogP contribution < -0.4 is 5.73 Å². The van der Waals surface area contributed by atoms with E-state index in [1.807, 2.05) is 0 Å². The number of benzene rings is 1. The monoisotopic (exact) mass is 239 g/mol. The van der Waals surface area contributed by atoms with Crippen LogP contribution in [-0.2, 0) is 4.79 Å². The number of carboxylic acid groups (broad SMARTS) is 1. The summed E-state index contributed by atoms with van der Waals surface area (Å²) in [5.41, 5.74) is 6.76. The van der Waals surface area contributed by atoms with Crippen LogP contribution in [-0.4, -0.2) is 11.1 Å². The summed E-state index contributed by atoms with van der Waals surface area (Å²) >= 11 is 0. The van der Waals surface area contributed by atoms with Crippen LogP contribution in [0, 0.1) is 18.2 Å². The van der Waals surface area contributed by atoms with Crippen LogP contribution >= 0.6 is 0 Å². The van der Waals surface area contributed by atoms with Crippen molar-refractivity contribution in [3.8, 4) is 0 Å². The zero-order valence-electron chi connectivity index (χ0n) is 10.3. The Hall–Kier alpha value is -1.42. The highest BCUT2D eigenvalue weighted by atomic mass is 19.1. The first kappa shape index (κ1) is 13.6. The number of hydrogen-bond donors (Lipinski definition) is 2. The molecule has 0 fully saturated rings. The number of aryl methyl sites for hydroxylation is 1. The number of carbonyl (C=O) groups is 1. The first-order valence-corrected chi connectivity index (χ1v) is 5.47. The van der Waals surface area contributed by atoms with Gasteiger partial charge in [-0.3, -0.25) is 4.79 Å². The van der Waals surface area contributed by atoms with Gasteiger partial charge in [-0.1, -0.05) is 26.0 Å². The maximum absolute atomic E-state index is 13.1. The Morgan fingerprint density at radius 2 is 2.12 bits per heavy atom. The molecule has 0 aliphatic rings. The minimum Gasteiger partial charge on any atom is -0.481 e. The minimum atomic E-state index is -0.885. The molecule has 1 atom stereocenters. The molecule has 0 saturated carbocycles. The van der Waals surface area contributed by atoms with Crippen LogP contribution in [0.5, 0.6) is 0 Å². The van der Waals surface area contributed by atoms with E-state index in [2.05, 4.69) is 0 Å². The van der Waals surface area contributed by atoms with Gasteiger partial charge in [0.1, 0.15) is 5.82 Å². The lowest BCUT2D eigenvalue weighted by Gasteiger charge is -2.30. The van der Waals surface area contributed by atoms with Gasteiger partial charge in [-0.2, -0.15) is 0 Å². The fraction of sp³-hybridized carbons (Fsp3) is 0.462. The van der Waals surface area contributed by atoms with E-state index in [1.165, 1.54) is 6.07 Å². The molecule has 0 aliphatic heterocycles. The van der Waals surface area contributed by atoms with Crippen molar-refractivity contribution in [1.29, 1.82) is 0 Å².